The van der Waals surface area contributed by atoms with Gasteiger partial charge in [-0.3, -0.25) is 14.4 Å². The van der Waals surface area contributed by atoms with Crippen molar-refractivity contribution in [3.63, 3.8) is 0 Å². The van der Waals surface area contributed by atoms with Crippen LogP contribution in [0.25, 0.3) is 11.0 Å². The molecule has 0 saturated heterocycles. The molecule has 2 aromatic carbocycles. The highest BCUT2D eigenvalue weighted by molar-refractivity contribution is 6.35. The second-order valence-corrected chi connectivity index (χ2v) is 5.93. The summed E-state index contributed by atoms with van der Waals surface area (Å²) in [4.78, 5) is 37.5. The predicted molar refractivity (Wildman–Crippen MR) is 88.4 cm³/mol. The Balaban J connectivity index is 1.75. The van der Waals surface area contributed by atoms with E-state index in [1.807, 2.05) is 6.07 Å². The number of fused-ring (bicyclic) bond motifs is 2. The molecular formula is C18H10ClNO4. The third-order valence-electron chi connectivity index (χ3n) is 3.96. The van der Waals surface area contributed by atoms with Crippen LogP contribution in [0.5, 0.6) is 0 Å². The van der Waals surface area contributed by atoms with E-state index in [0.29, 0.717) is 16.3 Å². The Morgan fingerprint density at radius 3 is 2.67 bits per heavy atom. The molecule has 1 N–H and O–H groups in total. The molecule has 1 aliphatic heterocycles. The van der Waals surface area contributed by atoms with Crippen molar-refractivity contribution in [2.24, 2.45) is 5.92 Å². The van der Waals surface area contributed by atoms with Crippen molar-refractivity contribution >= 4 is 45.7 Å². The Kier molecular flexibility index (Phi) is 3.25. The average Bonchev–Trinajstić information content (AvgIpc) is 2.98. The molecule has 1 atom stereocenters. The standard InChI is InChI=1S/C18H10ClNO4/c19-10-5-6-11-12(8-10)20-18(23)15(16(11)21)17(22)14-7-9-3-1-2-4-13(9)24-14/h1-8,15H,(H,20,23). The maximum Gasteiger partial charge on any atom is 0.243 e. The molecule has 1 unspecified atom stereocenters. The number of nitrogens with one attached hydrogen (secondary N) is 1. The Bertz CT molecular complexity index is 988. The number of para-hydroxylation sites is 1. The molecule has 1 amide bonds. The number of benzene rings is 2. The van der Waals surface area contributed by atoms with Gasteiger partial charge in [0.2, 0.25) is 11.7 Å². The molecule has 4 rings (SSSR count). The average molecular weight is 340 g/mol. The zero-order valence-corrected chi connectivity index (χ0v) is 13.0. The second kappa shape index (κ2) is 5.32. The van der Waals surface area contributed by atoms with Crippen LogP contribution in [0.1, 0.15) is 20.9 Å². The van der Waals surface area contributed by atoms with Gasteiger partial charge in [-0.2, -0.15) is 0 Å². The van der Waals surface area contributed by atoms with Crippen molar-refractivity contribution in [2.45, 2.75) is 0 Å². The highest BCUT2D eigenvalue weighted by Gasteiger charge is 2.41. The molecule has 118 valence electrons. The van der Waals surface area contributed by atoms with Gasteiger partial charge in [0.1, 0.15) is 5.58 Å². The van der Waals surface area contributed by atoms with Gasteiger partial charge >= 0.3 is 0 Å². The van der Waals surface area contributed by atoms with Crippen molar-refractivity contribution in [2.75, 3.05) is 5.32 Å². The largest absolute Gasteiger partial charge is 0.453 e. The molecule has 6 heteroatoms. The van der Waals surface area contributed by atoms with E-state index in [-0.39, 0.29) is 11.3 Å². The van der Waals surface area contributed by atoms with E-state index < -0.39 is 23.4 Å². The third-order valence-corrected chi connectivity index (χ3v) is 4.19. The summed E-state index contributed by atoms with van der Waals surface area (Å²) in [5.41, 5.74) is 1.09. The Labute approximate surface area is 141 Å². The molecular weight excluding hydrogens is 330 g/mol. The molecule has 5 nitrogen and oxygen atoms in total. The molecule has 1 aliphatic rings. The number of halogens is 1. The van der Waals surface area contributed by atoms with Crippen molar-refractivity contribution in [3.8, 4) is 0 Å². The predicted octanol–water partition coefficient (Wildman–Crippen LogP) is 3.72. The summed E-state index contributed by atoms with van der Waals surface area (Å²) in [5.74, 6) is -3.37. The smallest absolute Gasteiger partial charge is 0.243 e. The fourth-order valence-electron chi connectivity index (χ4n) is 2.80. The van der Waals surface area contributed by atoms with E-state index in [1.165, 1.54) is 18.2 Å². The van der Waals surface area contributed by atoms with Crippen LogP contribution < -0.4 is 5.32 Å². The molecule has 0 radical (unpaired) electrons. The van der Waals surface area contributed by atoms with Crippen LogP contribution in [0.2, 0.25) is 5.02 Å². The quantitative estimate of drug-likeness (QED) is 0.570. The number of ketones is 2. The number of rotatable bonds is 2. The first kappa shape index (κ1) is 14.7. The molecule has 0 spiro atoms. The van der Waals surface area contributed by atoms with E-state index in [4.69, 9.17) is 16.0 Å². The summed E-state index contributed by atoms with van der Waals surface area (Å²) in [6.45, 7) is 0. The maximum atomic E-state index is 12.7. The molecule has 3 aromatic rings. The van der Waals surface area contributed by atoms with Gasteiger partial charge < -0.3 is 9.73 Å². The van der Waals surface area contributed by atoms with Crippen molar-refractivity contribution in [1.82, 2.24) is 0 Å². The van der Waals surface area contributed by atoms with Gasteiger partial charge in [0.15, 0.2) is 17.5 Å². The first-order valence-electron chi connectivity index (χ1n) is 7.22. The Morgan fingerprint density at radius 1 is 1.08 bits per heavy atom. The van der Waals surface area contributed by atoms with Crippen LogP contribution in [-0.4, -0.2) is 17.5 Å². The molecule has 24 heavy (non-hydrogen) atoms. The number of anilines is 1. The number of amides is 1. The van der Waals surface area contributed by atoms with Crippen LogP contribution in [0.15, 0.2) is 52.9 Å². The minimum atomic E-state index is -1.46. The van der Waals surface area contributed by atoms with Gasteiger partial charge in [0.25, 0.3) is 0 Å². The summed E-state index contributed by atoms with van der Waals surface area (Å²) >= 11 is 5.87. The summed E-state index contributed by atoms with van der Waals surface area (Å²) in [6.07, 6.45) is 0. The first-order chi connectivity index (χ1) is 11.5. The van der Waals surface area contributed by atoms with Gasteiger partial charge in [-0.15, -0.1) is 0 Å². The molecule has 0 saturated carbocycles. The zero-order valence-electron chi connectivity index (χ0n) is 12.2. The van der Waals surface area contributed by atoms with Crippen LogP contribution >= 0.6 is 11.6 Å². The fraction of sp³-hybridized carbons (Fsp3) is 0.0556. The van der Waals surface area contributed by atoms with Gasteiger partial charge in [-0.05, 0) is 30.3 Å². The van der Waals surface area contributed by atoms with Crippen molar-refractivity contribution < 1.29 is 18.8 Å². The lowest BCUT2D eigenvalue weighted by atomic mass is 9.87. The zero-order chi connectivity index (χ0) is 16.8. The molecule has 0 fully saturated rings. The highest BCUT2D eigenvalue weighted by atomic mass is 35.5. The summed E-state index contributed by atoms with van der Waals surface area (Å²) < 4.78 is 5.48. The van der Waals surface area contributed by atoms with Crippen LogP contribution in [0.4, 0.5) is 5.69 Å². The summed E-state index contributed by atoms with van der Waals surface area (Å²) in [6, 6.07) is 13.1. The third kappa shape index (κ3) is 2.21. The van der Waals surface area contributed by atoms with Gasteiger partial charge in [0, 0.05) is 16.0 Å². The minimum Gasteiger partial charge on any atom is -0.453 e. The number of hydrogen-bond acceptors (Lipinski definition) is 4. The van der Waals surface area contributed by atoms with Crippen molar-refractivity contribution in [3.05, 3.63) is 64.9 Å². The molecule has 1 aromatic heterocycles. The lowest BCUT2D eigenvalue weighted by molar-refractivity contribution is -0.117. The number of hydrogen-bond donors (Lipinski definition) is 1. The van der Waals surface area contributed by atoms with E-state index in [0.717, 1.165) is 5.39 Å². The van der Waals surface area contributed by atoms with Crippen molar-refractivity contribution in [1.29, 1.82) is 0 Å². The first-order valence-corrected chi connectivity index (χ1v) is 7.60. The van der Waals surface area contributed by atoms with Crippen LogP contribution in [0, 0.1) is 5.92 Å². The number of carbonyl (C=O) groups excluding carboxylic acids is 3. The number of Topliss-reactive ketones (excluding diaryl/α,β-unsaturated/α-hetero) is 2. The van der Waals surface area contributed by atoms with Crippen LogP contribution in [0.3, 0.4) is 0 Å². The SMILES string of the molecule is O=C1Nc2cc(Cl)ccc2C(=O)C1C(=O)c1cc2ccccc2o1. The van der Waals surface area contributed by atoms with Crippen LogP contribution in [-0.2, 0) is 4.79 Å². The highest BCUT2D eigenvalue weighted by Crippen LogP contribution is 2.31. The minimum absolute atomic E-state index is 0.0119. The number of furan rings is 1. The lowest BCUT2D eigenvalue weighted by Gasteiger charge is -2.22. The monoisotopic (exact) mass is 339 g/mol. The van der Waals surface area contributed by atoms with E-state index in [9.17, 15) is 14.4 Å². The van der Waals surface area contributed by atoms with Gasteiger partial charge in [-0.1, -0.05) is 29.8 Å². The normalized spacial score (nSPS) is 16.8. The topological polar surface area (TPSA) is 76.4 Å². The summed E-state index contributed by atoms with van der Waals surface area (Å²) in [7, 11) is 0. The van der Waals surface area contributed by atoms with E-state index in [2.05, 4.69) is 5.32 Å². The van der Waals surface area contributed by atoms with Gasteiger partial charge in [0.05, 0.1) is 5.69 Å². The van der Waals surface area contributed by atoms with E-state index >= 15 is 0 Å². The Morgan fingerprint density at radius 2 is 1.88 bits per heavy atom. The molecule has 2 heterocycles. The Hall–Kier alpha value is -2.92. The summed E-state index contributed by atoms with van der Waals surface area (Å²) in [5, 5.41) is 3.68. The maximum absolute atomic E-state index is 12.7. The second-order valence-electron chi connectivity index (χ2n) is 5.49. The van der Waals surface area contributed by atoms with E-state index in [1.54, 1.807) is 24.3 Å². The lowest BCUT2D eigenvalue weighted by Crippen LogP contribution is -2.40. The molecule has 0 bridgehead atoms. The fourth-order valence-corrected chi connectivity index (χ4v) is 2.97. The molecule has 0 aliphatic carbocycles. The van der Waals surface area contributed by atoms with Gasteiger partial charge in [-0.25, -0.2) is 0 Å². The number of carbonyl (C=O) groups is 3.